The van der Waals surface area contributed by atoms with Crippen LogP contribution in [0.3, 0.4) is 0 Å². The van der Waals surface area contributed by atoms with Crippen molar-refractivity contribution in [2.75, 3.05) is 19.6 Å². The Morgan fingerprint density at radius 3 is 2.60 bits per heavy atom. The lowest BCUT2D eigenvalue weighted by Crippen LogP contribution is -2.42. The van der Waals surface area contributed by atoms with Crippen molar-refractivity contribution in [1.82, 2.24) is 15.2 Å². The van der Waals surface area contributed by atoms with Crippen molar-refractivity contribution >= 4 is 28.9 Å². The van der Waals surface area contributed by atoms with E-state index in [2.05, 4.69) is 40.6 Å². The maximum Gasteiger partial charge on any atom is 0.267 e. The largest absolute Gasteiger partial charge is 0.349 e. The van der Waals surface area contributed by atoms with Crippen LogP contribution in [-0.2, 0) is 16.1 Å². The smallest absolute Gasteiger partial charge is 0.267 e. The highest BCUT2D eigenvalue weighted by molar-refractivity contribution is 7.08. The van der Waals surface area contributed by atoms with E-state index in [9.17, 15) is 14.0 Å². The van der Waals surface area contributed by atoms with E-state index in [0.29, 0.717) is 18.7 Å². The molecule has 2 heterocycles. The molecule has 2 aromatic rings. The molecule has 0 spiro atoms. The van der Waals surface area contributed by atoms with Crippen LogP contribution in [-0.4, -0.2) is 47.1 Å². The number of hydrogen-bond acceptors (Lipinski definition) is 5. The van der Waals surface area contributed by atoms with E-state index in [4.69, 9.17) is 0 Å². The molecule has 1 atom stereocenters. The fourth-order valence-corrected chi connectivity index (χ4v) is 4.24. The summed E-state index contributed by atoms with van der Waals surface area (Å²) in [5.41, 5.74) is 2.29. The number of likely N-dealkylation sites (N-methyl/N-ethyl adjacent to an activating group) is 1. The maximum absolute atomic E-state index is 13.1. The Bertz CT molecular complexity index is 879. The summed E-state index contributed by atoms with van der Waals surface area (Å²) in [5, 5.41) is 12.7. The summed E-state index contributed by atoms with van der Waals surface area (Å²) in [7, 11) is 0. The van der Waals surface area contributed by atoms with Crippen LogP contribution in [0.5, 0.6) is 0 Å². The maximum atomic E-state index is 13.1. The summed E-state index contributed by atoms with van der Waals surface area (Å²) in [6, 6.07) is 8.10. The van der Waals surface area contributed by atoms with Crippen LogP contribution in [0.25, 0.3) is 0 Å². The van der Waals surface area contributed by atoms with Crippen molar-refractivity contribution in [2.45, 2.75) is 39.3 Å². The van der Waals surface area contributed by atoms with E-state index in [1.807, 2.05) is 5.38 Å². The third-order valence-corrected chi connectivity index (χ3v) is 5.95. The first-order valence-corrected chi connectivity index (χ1v) is 11.1. The number of halogens is 1. The van der Waals surface area contributed by atoms with Gasteiger partial charge in [-0.2, -0.15) is 16.4 Å². The van der Waals surface area contributed by atoms with Crippen LogP contribution in [0.15, 0.2) is 46.2 Å². The van der Waals surface area contributed by atoms with Gasteiger partial charge in [0.2, 0.25) is 5.91 Å². The molecule has 0 fully saturated rings. The van der Waals surface area contributed by atoms with Gasteiger partial charge in [0.25, 0.3) is 5.91 Å². The average Bonchev–Trinajstić information content (AvgIpc) is 3.28. The molecule has 0 radical (unpaired) electrons. The van der Waals surface area contributed by atoms with Crippen molar-refractivity contribution in [3.05, 3.63) is 58.0 Å². The summed E-state index contributed by atoms with van der Waals surface area (Å²) in [4.78, 5) is 27.3. The molecular weight excluding hydrogens is 403 g/mol. The molecule has 1 aliphatic rings. The quantitative estimate of drug-likeness (QED) is 0.662. The molecule has 1 aromatic heterocycles. The van der Waals surface area contributed by atoms with E-state index in [1.165, 1.54) is 22.7 Å². The number of benzene rings is 1. The summed E-state index contributed by atoms with van der Waals surface area (Å²) < 4.78 is 13.1. The molecular formula is C22H27FN4O2S. The molecule has 0 bridgehead atoms. The van der Waals surface area contributed by atoms with E-state index >= 15 is 0 Å². The summed E-state index contributed by atoms with van der Waals surface area (Å²) in [5.74, 6) is -0.727. The lowest BCUT2D eigenvalue weighted by molar-refractivity contribution is -0.132. The highest BCUT2D eigenvalue weighted by Crippen LogP contribution is 2.22. The van der Waals surface area contributed by atoms with E-state index in [-0.39, 0.29) is 36.6 Å². The Hall–Kier alpha value is -2.58. The zero-order valence-corrected chi connectivity index (χ0v) is 18.1. The van der Waals surface area contributed by atoms with Crippen LogP contribution in [0, 0.1) is 5.82 Å². The van der Waals surface area contributed by atoms with E-state index < -0.39 is 0 Å². The minimum Gasteiger partial charge on any atom is -0.349 e. The normalized spacial score (nSPS) is 15.3. The number of thiophene rings is 1. The second-order valence-corrected chi connectivity index (χ2v) is 7.91. The highest BCUT2D eigenvalue weighted by Gasteiger charge is 2.26. The van der Waals surface area contributed by atoms with Gasteiger partial charge in [-0.3, -0.25) is 14.5 Å². The zero-order chi connectivity index (χ0) is 21.5. The molecule has 0 aliphatic carbocycles. The van der Waals surface area contributed by atoms with Gasteiger partial charge in [-0.1, -0.05) is 26.0 Å². The lowest BCUT2D eigenvalue weighted by atomic mass is 10.1. The standard InChI is InChI=1S/C22H27FN4O2S/c1-3-26(4-2)20(17-11-12-30-15-17)13-24-22(29)19-9-10-21(28)27(25-19)14-16-5-7-18(23)8-6-16/h5-8,11-12,15,20H,3-4,9-10,13-14H2,1-2H3,(H,24,29). The Morgan fingerprint density at radius 1 is 1.23 bits per heavy atom. The van der Waals surface area contributed by atoms with Gasteiger partial charge >= 0.3 is 0 Å². The van der Waals surface area contributed by atoms with E-state index in [0.717, 1.165) is 18.7 Å². The van der Waals surface area contributed by atoms with Gasteiger partial charge in [0.15, 0.2) is 0 Å². The van der Waals surface area contributed by atoms with Gasteiger partial charge < -0.3 is 5.32 Å². The Labute approximate surface area is 180 Å². The Kier molecular flexibility index (Phi) is 7.70. The number of rotatable bonds is 9. The molecule has 1 unspecified atom stereocenters. The van der Waals surface area contributed by atoms with Crippen LogP contribution in [0.1, 0.15) is 43.9 Å². The van der Waals surface area contributed by atoms with Gasteiger partial charge in [0, 0.05) is 19.4 Å². The van der Waals surface area contributed by atoms with Gasteiger partial charge in [-0.05, 0) is 53.2 Å². The number of carbonyl (C=O) groups is 2. The first kappa shape index (κ1) is 22.1. The Balaban J connectivity index is 1.67. The Morgan fingerprint density at radius 2 is 1.97 bits per heavy atom. The van der Waals surface area contributed by atoms with Crippen molar-refractivity contribution in [3.63, 3.8) is 0 Å². The SMILES string of the molecule is CCN(CC)C(CNC(=O)C1=NN(Cc2ccc(F)cc2)C(=O)CC1)c1ccsc1. The van der Waals surface area contributed by atoms with Crippen LogP contribution < -0.4 is 5.32 Å². The fraction of sp³-hybridized carbons (Fsp3) is 0.409. The molecule has 30 heavy (non-hydrogen) atoms. The first-order valence-electron chi connectivity index (χ1n) is 10.2. The molecule has 2 amide bonds. The number of hydrogen-bond donors (Lipinski definition) is 1. The zero-order valence-electron chi connectivity index (χ0n) is 17.3. The molecule has 8 heteroatoms. The predicted octanol–water partition coefficient (Wildman–Crippen LogP) is 3.56. The minimum atomic E-state index is -0.333. The highest BCUT2D eigenvalue weighted by atomic mass is 32.1. The van der Waals surface area contributed by atoms with E-state index in [1.54, 1.807) is 23.5 Å². The number of nitrogens with one attached hydrogen (secondary N) is 1. The van der Waals surface area contributed by atoms with Gasteiger partial charge in [0.05, 0.1) is 12.6 Å². The van der Waals surface area contributed by atoms with Gasteiger partial charge in [0.1, 0.15) is 11.5 Å². The summed E-state index contributed by atoms with van der Waals surface area (Å²) in [6.07, 6.45) is 0.552. The molecule has 0 saturated carbocycles. The average molecular weight is 431 g/mol. The second-order valence-electron chi connectivity index (χ2n) is 7.13. The molecule has 160 valence electrons. The monoisotopic (exact) mass is 430 g/mol. The number of amides is 2. The first-order chi connectivity index (χ1) is 14.5. The fourth-order valence-electron chi connectivity index (χ4n) is 3.53. The van der Waals surface area contributed by atoms with Crippen molar-refractivity contribution in [3.8, 4) is 0 Å². The van der Waals surface area contributed by atoms with Crippen molar-refractivity contribution in [2.24, 2.45) is 5.10 Å². The molecule has 0 saturated heterocycles. The topological polar surface area (TPSA) is 65.0 Å². The number of nitrogens with zero attached hydrogens (tertiary/aromatic N) is 3. The molecule has 1 aliphatic heterocycles. The lowest BCUT2D eigenvalue weighted by Gasteiger charge is -2.30. The number of carbonyl (C=O) groups excluding carboxylic acids is 2. The minimum absolute atomic E-state index is 0.0938. The van der Waals surface area contributed by atoms with Crippen LogP contribution in [0.4, 0.5) is 4.39 Å². The third kappa shape index (κ3) is 5.52. The molecule has 1 aromatic carbocycles. The summed E-state index contributed by atoms with van der Waals surface area (Å²) in [6.45, 7) is 6.67. The predicted molar refractivity (Wildman–Crippen MR) is 117 cm³/mol. The summed E-state index contributed by atoms with van der Waals surface area (Å²) >= 11 is 1.64. The second kappa shape index (κ2) is 10.4. The van der Waals surface area contributed by atoms with Crippen molar-refractivity contribution < 1.29 is 14.0 Å². The van der Waals surface area contributed by atoms with Crippen LogP contribution in [0.2, 0.25) is 0 Å². The van der Waals surface area contributed by atoms with Crippen molar-refractivity contribution in [1.29, 1.82) is 0 Å². The number of hydrazone groups is 1. The van der Waals surface area contributed by atoms with Crippen LogP contribution >= 0.6 is 11.3 Å². The van der Waals surface area contributed by atoms with Gasteiger partial charge in [-0.25, -0.2) is 9.40 Å². The molecule has 3 rings (SSSR count). The van der Waals surface area contributed by atoms with Gasteiger partial charge in [-0.15, -0.1) is 0 Å². The molecule has 6 nitrogen and oxygen atoms in total. The molecule has 1 N–H and O–H groups in total. The third-order valence-electron chi connectivity index (χ3n) is 5.25.